The Balaban J connectivity index is 2.33. The molecule has 1 aliphatic heterocycles. The Hall–Kier alpha value is -0.760. The van der Waals surface area contributed by atoms with Gasteiger partial charge in [-0.15, -0.1) is 12.6 Å². The molecule has 0 aromatic rings. The third kappa shape index (κ3) is 1.27. The van der Waals surface area contributed by atoms with Crippen LogP contribution in [0.5, 0.6) is 0 Å². The summed E-state index contributed by atoms with van der Waals surface area (Å²) in [6.07, 6.45) is 10.4. The summed E-state index contributed by atoms with van der Waals surface area (Å²) in [7, 11) is 0. The van der Waals surface area contributed by atoms with Gasteiger partial charge in [0.1, 0.15) is 0 Å². The Kier molecular flexibility index (Phi) is 1.93. The minimum Gasteiger partial charge on any atom is -0.269 e. The van der Waals surface area contributed by atoms with E-state index >= 15 is 0 Å². The third-order valence-corrected chi connectivity index (χ3v) is 2.80. The van der Waals surface area contributed by atoms with Gasteiger partial charge in [-0.25, -0.2) is 0 Å². The van der Waals surface area contributed by atoms with Crippen molar-refractivity contribution in [3.05, 3.63) is 34.9 Å². The normalized spacial score (nSPS) is 32.5. The zero-order valence-corrected chi connectivity index (χ0v) is 7.83. The highest BCUT2D eigenvalue weighted by atomic mass is 32.1. The van der Waals surface area contributed by atoms with Crippen LogP contribution in [-0.4, -0.2) is 6.21 Å². The van der Waals surface area contributed by atoms with Crippen LogP contribution in [0.3, 0.4) is 0 Å². The number of thiol groups is 1. The summed E-state index contributed by atoms with van der Waals surface area (Å²) < 4.78 is 0. The topological polar surface area (TPSA) is 12.4 Å². The molecule has 0 bridgehead atoms. The van der Waals surface area contributed by atoms with Crippen molar-refractivity contribution < 1.29 is 0 Å². The van der Waals surface area contributed by atoms with E-state index < -0.39 is 0 Å². The highest BCUT2D eigenvalue weighted by molar-refractivity contribution is 7.84. The van der Waals surface area contributed by atoms with Gasteiger partial charge in [0, 0.05) is 29.2 Å². The van der Waals surface area contributed by atoms with Gasteiger partial charge in [0.25, 0.3) is 0 Å². The number of allylic oxidation sites excluding steroid dienone is 4. The van der Waals surface area contributed by atoms with Gasteiger partial charge in [0.2, 0.25) is 0 Å². The van der Waals surface area contributed by atoms with Crippen LogP contribution >= 0.6 is 12.6 Å². The Morgan fingerprint density at radius 1 is 1.33 bits per heavy atom. The van der Waals surface area contributed by atoms with E-state index in [4.69, 9.17) is 0 Å². The molecule has 2 atom stereocenters. The predicted molar refractivity (Wildman–Crippen MR) is 55.4 cm³/mol. The monoisotopic (exact) mass is 177 g/mol. The number of hydrogen-bond acceptors (Lipinski definition) is 2. The van der Waals surface area contributed by atoms with Crippen molar-refractivity contribution >= 4 is 18.8 Å². The molecular formula is C10H11NS. The van der Waals surface area contributed by atoms with Crippen LogP contribution in [0.15, 0.2) is 39.9 Å². The summed E-state index contributed by atoms with van der Waals surface area (Å²) in [6, 6.07) is 0. The molecule has 0 aromatic carbocycles. The van der Waals surface area contributed by atoms with Gasteiger partial charge in [-0.3, -0.25) is 4.99 Å². The van der Waals surface area contributed by atoms with E-state index in [9.17, 15) is 0 Å². The summed E-state index contributed by atoms with van der Waals surface area (Å²) in [4.78, 5) is 5.21. The van der Waals surface area contributed by atoms with Crippen LogP contribution in [0.4, 0.5) is 0 Å². The maximum atomic E-state index is 4.39. The molecule has 0 aromatic heterocycles. The van der Waals surface area contributed by atoms with E-state index in [2.05, 4.69) is 42.8 Å². The third-order valence-electron chi connectivity index (χ3n) is 2.29. The summed E-state index contributed by atoms with van der Waals surface area (Å²) in [5.41, 5.74) is 1.25. The predicted octanol–water partition coefficient (Wildman–Crippen LogP) is 2.59. The lowest BCUT2D eigenvalue weighted by Crippen LogP contribution is -2.16. The van der Waals surface area contributed by atoms with Crippen molar-refractivity contribution in [2.24, 2.45) is 16.8 Å². The molecule has 2 heteroatoms. The molecule has 0 amide bonds. The first-order chi connectivity index (χ1) is 5.77. The maximum absolute atomic E-state index is 4.39. The number of hydrogen-bond donors (Lipinski definition) is 1. The van der Waals surface area contributed by atoms with Crippen LogP contribution in [-0.2, 0) is 0 Å². The highest BCUT2D eigenvalue weighted by Crippen LogP contribution is 2.30. The zero-order valence-electron chi connectivity index (χ0n) is 6.94. The lowest BCUT2D eigenvalue weighted by Gasteiger charge is -2.23. The molecule has 1 aliphatic carbocycles. The fourth-order valence-electron chi connectivity index (χ4n) is 1.53. The van der Waals surface area contributed by atoms with Crippen molar-refractivity contribution in [3.8, 4) is 0 Å². The van der Waals surface area contributed by atoms with Gasteiger partial charge < -0.3 is 0 Å². The van der Waals surface area contributed by atoms with Crippen LogP contribution in [0.1, 0.15) is 6.92 Å². The van der Waals surface area contributed by atoms with Crippen LogP contribution in [0.25, 0.3) is 0 Å². The SMILES string of the molecule is CC1=CC2C=NC=CC2C=C1S. The minimum absolute atomic E-state index is 0.450. The summed E-state index contributed by atoms with van der Waals surface area (Å²) in [6.45, 7) is 2.08. The van der Waals surface area contributed by atoms with Crippen molar-refractivity contribution in [2.75, 3.05) is 0 Å². The number of aliphatic imine (C=N–C) groups is 1. The van der Waals surface area contributed by atoms with Crippen molar-refractivity contribution in [3.63, 3.8) is 0 Å². The fraction of sp³-hybridized carbons (Fsp3) is 0.300. The average Bonchev–Trinajstić information content (AvgIpc) is 2.07. The molecule has 0 saturated heterocycles. The molecule has 0 saturated carbocycles. The quantitative estimate of drug-likeness (QED) is 0.546. The van der Waals surface area contributed by atoms with E-state index in [-0.39, 0.29) is 0 Å². The van der Waals surface area contributed by atoms with Crippen molar-refractivity contribution in [1.82, 2.24) is 0 Å². The van der Waals surface area contributed by atoms with E-state index in [0.29, 0.717) is 11.8 Å². The van der Waals surface area contributed by atoms with E-state index in [1.165, 1.54) is 5.57 Å². The number of rotatable bonds is 0. The molecule has 62 valence electrons. The molecule has 2 rings (SSSR count). The Morgan fingerprint density at radius 3 is 3.00 bits per heavy atom. The number of nitrogens with zero attached hydrogens (tertiary/aromatic N) is 1. The molecule has 12 heavy (non-hydrogen) atoms. The van der Waals surface area contributed by atoms with Gasteiger partial charge in [-0.2, -0.15) is 0 Å². The molecule has 0 N–H and O–H groups in total. The minimum atomic E-state index is 0.450. The Labute approximate surface area is 78.0 Å². The lowest BCUT2D eigenvalue weighted by molar-refractivity contribution is 0.696. The largest absolute Gasteiger partial charge is 0.269 e. The molecule has 2 unspecified atom stereocenters. The van der Waals surface area contributed by atoms with Crippen LogP contribution < -0.4 is 0 Å². The Morgan fingerprint density at radius 2 is 2.17 bits per heavy atom. The van der Waals surface area contributed by atoms with Gasteiger partial charge >= 0.3 is 0 Å². The van der Waals surface area contributed by atoms with E-state index in [1.54, 1.807) is 0 Å². The Bertz CT molecular complexity index is 278. The first-order valence-electron chi connectivity index (χ1n) is 4.07. The highest BCUT2D eigenvalue weighted by Gasteiger charge is 2.19. The standard InChI is InChI=1S/C10H11NS/c1-7-4-9-6-11-3-2-8(9)5-10(7)12/h2-6,8-9,12H,1H3. The van der Waals surface area contributed by atoms with Gasteiger partial charge in [-0.05, 0) is 12.5 Å². The number of fused-ring (bicyclic) bond motifs is 1. The van der Waals surface area contributed by atoms with Gasteiger partial charge in [0.05, 0.1) is 0 Å². The summed E-state index contributed by atoms with van der Waals surface area (Å²) >= 11 is 4.39. The van der Waals surface area contributed by atoms with Crippen molar-refractivity contribution in [1.29, 1.82) is 0 Å². The molecule has 1 heterocycles. The smallest absolute Gasteiger partial charge is 0.0230 e. The lowest BCUT2D eigenvalue weighted by atomic mass is 9.86. The first kappa shape index (κ1) is 7.87. The van der Waals surface area contributed by atoms with Crippen LogP contribution in [0, 0.1) is 11.8 Å². The van der Waals surface area contributed by atoms with Crippen LogP contribution in [0.2, 0.25) is 0 Å². The maximum Gasteiger partial charge on any atom is 0.0230 e. The second kappa shape index (κ2) is 2.94. The molecule has 0 spiro atoms. The molecular weight excluding hydrogens is 166 g/mol. The molecule has 1 nitrogen and oxygen atoms in total. The fourth-order valence-corrected chi connectivity index (χ4v) is 1.78. The average molecular weight is 177 g/mol. The molecule has 2 aliphatic rings. The molecule has 0 fully saturated rings. The second-order valence-electron chi connectivity index (χ2n) is 3.20. The second-order valence-corrected chi connectivity index (χ2v) is 3.68. The first-order valence-corrected chi connectivity index (χ1v) is 4.51. The van der Waals surface area contributed by atoms with E-state index in [1.807, 2.05) is 12.4 Å². The zero-order chi connectivity index (χ0) is 8.55. The van der Waals surface area contributed by atoms with Gasteiger partial charge in [-0.1, -0.05) is 18.2 Å². The molecule has 0 radical (unpaired) electrons. The summed E-state index contributed by atoms with van der Waals surface area (Å²) in [5.74, 6) is 0.921. The van der Waals surface area contributed by atoms with Crippen molar-refractivity contribution in [2.45, 2.75) is 6.92 Å². The van der Waals surface area contributed by atoms with E-state index in [0.717, 1.165) is 4.91 Å². The summed E-state index contributed by atoms with van der Waals surface area (Å²) in [5, 5.41) is 0. The van der Waals surface area contributed by atoms with Gasteiger partial charge in [0.15, 0.2) is 0 Å².